The minimum Gasteiger partial charge on any atom is -0.511 e. The quantitative estimate of drug-likeness (QED) is 0.323. The first-order valence-electron chi connectivity index (χ1n) is 10.7. The predicted molar refractivity (Wildman–Crippen MR) is 133 cm³/mol. The van der Waals surface area contributed by atoms with Crippen molar-refractivity contribution in [1.29, 1.82) is 0 Å². The maximum absolute atomic E-state index is 9.32. The maximum atomic E-state index is 9.32. The molecule has 5 aromatic rings. The van der Waals surface area contributed by atoms with Crippen molar-refractivity contribution in [3.63, 3.8) is 0 Å². The summed E-state index contributed by atoms with van der Waals surface area (Å²) in [6, 6.07) is 27.6. The van der Waals surface area contributed by atoms with Gasteiger partial charge in [0, 0.05) is 20.9 Å². The summed E-state index contributed by atoms with van der Waals surface area (Å²) in [4.78, 5) is 0. The largest absolute Gasteiger partial charge is 0.707 e. The summed E-state index contributed by atoms with van der Waals surface area (Å²) >= 11 is 1.63. The summed E-state index contributed by atoms with van der Waals surface area (Å²) in [5.74, 6) is 0.482. The zero-order chi connectivity index (χ0) is 22.0. The van der Waals surface area contributed by atoms with E-state index in [0.29, 0.717) is 5.75 Å². The van der Waals surface area contributed by atoms with Crippen molar-refractivity contribution in [3.05, 3.63) is 90.0 Å². The van der Waals surface area contributed by atoms with Gasteiger partial charge in [0.15, 0.2) is 0 Å². The molecule has 3 nitrogen and oxygen atoms in total. The molecule has 6 rings (SSSR count). The van der Waals surface area contributed by atoms with E-state index in [0.717, 1.165) is 15.5 Å². The van der Waals surface area contributed by atoms with Crippen LogP contribution in [-0.2, 0) is 5.41 Å². The van der Waals surface area contributed by atoms with E-state index in [2.05, 4.69) is 80.6 Å². The lowest BCUT2D eigenvalue weighted by Crippen LogP contribution is -2.20. The van der Waals surface area contributed by atoms with Crippen LogP contribution in [0.1, 0.15) is 25.0 Å². The molecule has 0 unspecified atom stereocenters. The fourth-order valence-corrected chi connectivity index (χ4v) is 6.39. The molecule has 0 amide bonds. The Morgan fingerprint density at radius 3 is 2.22 bits per heavy atom. The van der Waals surface area contributed by atoms with Crippen LogP contribution in [0.4, 0.5) is 0 Å². The molecule has 0 spiro atoms. The zero-order valence-corrected chi connectivity index (χ0v) is 18.6. The molecule has 1 aromatic heterocycles. The minimum atomic E-state index is -1.84. The van der Waals surface area contributed by atoms with Gasteiger partial charge in [-0.05, 0) is 45.5 Å². The van der Waals surface area contributed by atoms with Gasteiger partial charge >= 0.3 is 7.32 Å². The third-order valence-corrected chi connectivity index (χ3v) is 7.88. The molecule has 0 radical (unpaired) electrons. The van der Waals surface area contributed by atoms with Crippen molar-refractivity contribution in [1.82, 2.24) is 0 Å². The van der Waals surface area contributed by atoms with Gasteiger partial charge in [0.25, 0.3) is 0 Å². The summed E-state index contributed by atoms with van der Waals surface area (Å²) in [6.45, 7) is 4.59. The molecule has 0 atom stereocenters. The standard InChI is InChI=1S/C27H21BO3S/c1-27(2)22-11-4-3-7-18(22)19-14-13-16(15-23(19)27)17-8-5-9-20-21-10-6-12-24(31-28(29)30)26(21)32-25(17)20/h3-15,29-30H,1-2H3. The molecule has 0 bridgehead atoms. The summed E-state index contributed by atoms with van der Waals surface area (Å²) in [5.41, 5.74) is 7.67. The highest BCUT2D eigenvalue weighted by Gasteiger charge is 2.35. The van der Waals surface area contributed by atoms with Gasteiger partial charge < -0.3 is 14.7 Å². The van der Waals surface area contributed by atoms with E-state index in [1.165, 1.54) is 38.1 Å². The smallest absolute Gasteiger partial charge is 0.511 e. The van der Waals surface area contributed by atoms with Crippen molar-refractivity contribution in [2.75, 3.05) is 0 Å². The topological polar surface area (TPSA) is 49.7 Å². The lowest BCUT2D eigenvalue weighted by Gasteiger charge is -2.22. The van der Waals surface area contributed by atoms with Crippen molar-refractivity contribution in [2.45, 2.75) is 19.3 Å². The molecule has 1 heterocycles. The van der Waals surface area contributed by atoms with Crippen LogP contribution in [0.5, 0.6) is 5.75 Å². The Bertz CT molecular complexity index is 1520. The fraction of sp³-hybridized carbons (Fsp3) is 0.111. The molecular weight excluding hydrogens is 415 g/mol. The Kier molecular flexibility index (Phi) is 4.24. The molecule has 0 saturated carbocycles. The van der Waals surface area contributed by atoms with E-state index in [9.17, 15) is 10.0 Å². The van der Waals surface area contributed by atoms with Gasteiger partial charge in [-0.25, -0.2) is 0 Å². The molecule has 0 aliphatic heterocycles. The van der Waals surface area contributed by atoms with Crippen molar-refractivity contribution in [3.8, 4) is 28.0 Å². The second-order valence-corrected chi connectivity index (χ2v) is 9.81. The number of benzene rings is 4. The summed E-state index contributed by atoms with van der Waals surface area (Å²) in [5, 5.41) is 20.8. The molecule has 0 saturated heterocycles. The first-order chi connectivity index (χ1) is 15.4. The van der Waals surface area contributed by atoms with Crippen LogP contribution in [0.25, 0.3) is 42.4 Å². The molecule has 156 valence electrons. The van der Waals surface area contributed by atoms with Crippen LogP contribution in [-0.4, -0.2) is 17.4 Å². The van der Waals surface area contributed by atoms with E-state index in [1.54, 1.807) is 17.4 Å². The second-order valence-electron chi connectivity index (χ2n) is 8.79. The van der Waals surface area contributed by atoms with Crippen LogP contribution >= 0.6 is 11.3 Å². The van der Waals surface area contributed by atoms with Gasteiger partial charge in [-0.1, -0.05) is 80.6 Å². The van der Waals surface area contributed by atoms with Crippen LogP contribution < -0.4 is 4.65 Å². The van der Waals surface area contributed by atoms with E-state index in [4.69, 9.17) is 4.65 Å². The highest BCUT2D eigenvalue weighted by atomic mass is 32.1. The number of fused-ring (bicyclic) bond motifs is 6. The van der Waals surface area contributed by atoms with Crippen molar-refractivity contribution in [2.24, 2.45) is 0 Å². The van der Waals surface area contributed by atoms with Crippen molar-refractivity contribution < 1.29 is 14.7 Å². The third-order valence-electron chi connectivity index (χ3n) is 6.62. The predicted octanol–water partition coefficient (Wildman–Crippen LogP) is 6.38. The number of hydrogen-bond acceptors (Lipinski definition) is 4. The number of hydrogen-bond donors (Lipinski definition) is 2. The second kappa shape index (κ2) is 6.94. The number of rotatable bonds is 3. The SMILES string of the molecule is CC1(C)c2ccccc2-c2ccc(-c3cccc4c3sc3c(OB(O)O)cccc34)cc21. The Labute approximate surface area is 190 Å². The molecule has 4 aromatic carbocycles. The summed E-state index contributed by atoms with van der Waals surface area (Å²) in [7, 11) is -1.84. The number of thiophene rings is 1. The highest BCUT2D eigenvalue weighted by molar-refractivity contribution is 7.26. The molecule has 5 heteroatoms. The van der Waals surface area contributed by atoms with Gasteiger partial charge in [0.2, 0.25) is 0 Å². The van der Waals surface area contributed by atoms with E-state index >= 15 is 0 Å². The molecule has 1 aliphatic rings. The normalized spacial score (nSPS) is 13.9. The minimum absolute atomic E-state index is 0.0474. The van der Waals surface area contributed by atoms with Crippen LogP contribution in [0.15, 0.2) is 78.9 Å². The molecule has 2 N–H and O–H groups in total. The zero-order valence-electron chi connectivity index (χ0n) is 17.8. The molecule has 0 fully saturated rings. The molecule has 32 heavy (non-hydrogen) atoms. The Balaban J connectivity index is 1.57. The first-order valence-corrected chi connectivity index (χ1v) is 11.5. The first kappa shape index (κ1) is 19.6. The van der Waals surface area contributed by atoms with E-state index < -0.39 is 7.32 Å². The van der Waals surface area contributed by atoms with Crippen LogP contribution in [0.2, 0.25) is 0 Å². The van der Waals surface area contributed by atoms with E-state index in [1.807, 2.05) is 6.07 Å². The maximum Gasteiger partial charge on any atom is 0.707 e. The average Bonchev–Trinajstić information content (AvgIpc) is 3.28. The van der Waals surface area contributed by atoms with Crippen molar-refractivity contribution >= 4 is 38.8 Å². The molecular formula is C27H21BO3S. The Morgan fingerprint density at radius 2 is 1.41 bits per heavy atom. The van der Waals surface area contributed by atoms with E-state index in [-0.39, 0.29) is 5.41 Å². The average molecular weight is 436 g/mol. The van der Waals surface area contributed by atoms with Gasteiger partial charge in [-0.15, -0.1) is 11.3 Å². The lowest BCUT2D eigenvalue weighted by molar-refractivity contribution is 0.290. The monoisotopic (exact) mass is 436 g/mol. The van der Waals surface area contributed by atoms with Gasteiger partial charge in [0.05, 0.1) is 4.70 Å². The Morgan fingerprint density at radius 1 is 0.719 bits per heavy atom. The third kappa shape index (κ3) is 2.75. The van der Waals surface area contributed by atoms with Crippen LogP contribution in [0.3, 0.4) is 0 Å². The van der Waals surface area contributed by atoms with Crippen LogP contribution in [0, 0.1) is 0 Å². The lowest BCUT2D eigenvalue weighted by atomic mass is 9.81. The fourth-order valence-electron chi connectivity index (χ4n) is 5.10. The Hall–Kier alpha value is -3.12. The highest BCUT2D eigenvalue weighted by Crippen LogP contribution is 2.50. The van der Waals surface area contributed by atoms with Gasteiger partial charge in [-0.2, -0.15) is 0 Å². The van der Waals surface area contributed by atoms with Gasteiger partial charge in [0.1, 0.15) is 5.75 Å². The summed E-state index contributed by atoms with van der Waals surface area (Å²) in [6.07, 6.45) is 0. The van der Waals surface area contributed by atoms with Gasteiger partial charge in [-0.3, -0.25) is 0 Å². The molecule has 1 aliphatic carbocycles. The summed E-state index contributed by atoms with van der Waals surface area (Å²) < 4.78 is 7.33.